The number of hydrogen-bond acceptors (Lipinski definition) is 6. The van der Waals surface area contributed by atoms with Crippen LogP contribution in [0.3, 0.4) is 0 Å². The van der Waals surface area contributed by atoms with Crippen molar-refractivity contribution in [1.29, 1.82) is 0 Å². The van der Waals surface area contributed by atoms with Crippen LogP contribution in [0.25, 0.3) is 0 Å². The smallest absolute Gasteiger partial charge is 0.350 e. The lowest BCUT2D eigenvalue weighted by molar-refractivity contribution is -0.113. The monoisotopic (exact) mass is 303 g/mol. The number of esters is 1. The lowest BCUT2D eigenvalue weighted by Gasteiger charge is -2.08. The van der Waals surface area contributed by atoms with Gasteiger partial charge in [-0.05, 0) is 23.1 Å². The summed E-state index contributed by atoms with van der Waals surface area (Å²) < 4.78 is 4.63. The molecule has 0 aromatic carbocycles. The summed E-state index contributed by atoms with van der Waals surface area (Å²) in [6.45, 7) is 2.03. The van der Waals surface area contributed by atoms with Gasteiger partial charge in [-0.2, -0.15) is 11.8 Å². The highest BCUT2D eigenvalue weighted by Gasteiger charge is 2.15. The minimum Gasteiger partial charge on any atom is -0.465 e. The number of thioether (sulfide) groups is 1. The van der Waals surface area contributed by atoms with Crippen LogP contribution >= 0.6 is 23.1 Å². The molecule has 0 bridgehead atoms. The van der Waals surface area contributed by atoms with E-state index in [1.807, 2.05) is 6.92 Å². The maximum atomic E-state index is 11.7. The number of methoxy groups -OCH3 is 1. The highest BCUT2D eigenvalue weighted by molar-refractivity contribution is 7.99. The van der Waals surface area contributed by atoms with E-state index in [1.54, 1.807) is 11.4 Å². The number of nitrogens with one attached hydrogen (secondary N) is 1. The van der Waals surface area contributed by atoms with Gasteiger partial charge in [0.15, 0.2) is 0 Å². The van der Waals surface area contributed by atoms with E-state index in [4.69, 9.17) is 5.11 Å². The van der Waals surface area contributed by atoms with Gasteiger partial charge >= 0.3 is 5.97 Å². The molecule has 2 N–H and O–H groups in total. The molecular formula is C12H17NO4S2. The minimum atomic E-state index is -0.452. The van der Waals surface area contributed by atoms with E-state index in [2.05, 4.69) is 10.1 Å². The van der Waals surface area contributed by atoms with Crippen LogP contribution in [0.1, 0.15) is 16.6 Å². The Morgan fingerprint density at radius 1 is 1.58 bits per heavy atom. The first kappa shape index (κ1) is 16.0. The van der Waals surface area contributed by atoms with Crippen LogP contribution in [0.15, 0.2) is 11.4 Å². The molecule has 0 saturated heterocycles. The SMILES string of the molecule is COC(=O)c1sccc1NC(=O)CSCC(C)CO. The molecule has 0 spiro atoms. The number of carbonyl (C=O) groups is 2. The van der Waals surface area contributed by atoms with Crippen molar-refractivity contribution in [3.63, 3.8) is 0 Å². The normalized spacial score (nSPS) is 11.9. The number of ether oxygens (including phenoxy) is 1. The van der Waals surface area contributed by atoms with Gasteiger partial charge in [-0.3, -0.25) is 4.79 Å². The number of carbonyl (C=O) groups excluding carboxylic acids is 2. The molecule has 1 heterocycles. The summed E-state index contributed by atoms with van der Waals surface area (Å²) in [5.41, 5.74) is 0.484. The first-order valence-corrected chi connectivity index (χ1v) is 7.76. The zero-order chi connectivity index (χ0) is 14.3. The molecule has 5 nitrogen and oxygen atoms in total. The van der Waals surface area contributed by atoms with E-state index >= 15 is 0 Å². The summed E-state index contributed by atoms with van der Waals surface area (Å²) in [7, 11) is 1.31. The maximum absolute atomic E-state index is 11.7. The van der Waals surface area contributed by atoms with Gasteiger partial charge in [0.25, 0.3) is 0 Å². The summed E-state index contributed by atoms with van der Waals surface area (Å²) in [4.78, 5) is 23.5. The van der Waals surface area contributed by atoms with Crippen molar-refractivity contribution >= 4 is 40.7 Å². The van der Waals surface area contributed by atoms with Crippen molar-refractivity contribution in [2.24, 2.45) is 5.92 Å². The highest BCUT2D eigenvalue weighted by Crippen LogP contribution is 2.23. The minimum absolute atomic E-state index is 0.117. The molecule has 1 aromatic heterocycles. The number of anilines is 1. The molecule has 106 valence electrons. The third-order valence-corrected chi connectivity index (χ3v) is 4.42. The van der Waals surface area contributed by atoms with E-state index in [0.29, 0.717) is 16.3 Å². The fourth-order valence-corrected chi connectivity index (χ4v) is 2.90. The summed E-state index contributed by atoms with van der Waals surface area (Å²) in [5, 5.41) is 13.3. The van der Waals surface area contributed by atoms with Crippen LogP contribution in [-0.4, -0.2) is 42.2 Å². The van der Waals surface area contributed by atoms with E-state index < -0.39 is 5.97 Å². The van der Waals surface area contributed by atoms with Crippen LogP contribution in [0.5, 0.6) is 0 Å². The molecule has 0 saturated carbocycles. The number of rotatable bonds is 7. The highest BCUT2D eigenvalue weighted by atomic mass is 32.2. The first-order valence-electron chi connectivity index (χ1n) is 5.72. The van der Waals surface area contributed by atoms with Crippen LogP contribution in [0.4, 0.5) is 5.69 Å². The lowest BCUT2D eigenvalue weighted by Crippen LogP contribution is -2.17. The second-order valence-electron chi connectivity index (χ2n) is 4.01. The summed E-state index contributed by atoms with van der Waals surface area (Å²) in [6, 6.07) is 1.68. The molecule has 0 aliphatic carbocycles. The number of aliphatic hydroxyl groups is 1. The van der Waals surface area contributed by atoms with E-state index in [-0.39, 0.29) is 18.4 Å². The molecule has 0 aliphatic rings. The predicted octanol–water partition coefficient (Wildman–Crippen LogP) is 1.83. The second-order valence-corrected chi connectivity index (χ2v) is 5.95. The van der Waals surface area contributed by atoms with Gasteiger partial charge < -0.3 is 15.2 Å². The van der Waals surface area contributed by atoms with Gasteiger partial charge in [0.2, 0.25) is 5.91 Å². The van der Waals surface area contributed by atoms with Gasteiger partial charge in [-0.1, -0.05) is 6.92 Å². The average molecular weight is 303 g/mol. The quantitative estimate of drug-likeness (QED) is 0.752. The van der Waals surface area contributed by atoms with Crippen molar-refractivity contribution in [2.45, 2.75) is 6.92 Å². The molecule has 0 radical (unpaired) electrons. The van der Waals surface area contributed by atoms with E-state index in [9.17, 15) is 9.59 Å². The predicted molar refractivity (Wildman–Crippen MR) is 77.9 cm³/mol. The van der Waals surface area contributed by atoms with Crippen LogP contribution < -0.4 is 5.32 Å². The Labute approximate surface area is 120 Å². The van der Waals surface area contributed by atoms with Crippen LogP contribution in [0.2, 0.25) is 0 Å². The molecule has 0 fully saturated rings. The zero-order valence-electron chi connectivity index (χ0n) is 10.8. The molecule has 0 aliphatic heterocycles. The van der Waals surface area contributed by atoms with Crippen molar-refractivity contribution in [3.8, 4) is 0 Å². The fourth-order valence-electron chi connectivity index (χ4n) is 1.25. The topological polar surface area (TPSA) is 75.6 Å². The third kappa shape index (κ3) is 5.22. The Morgan fingerprint density at radius 3 is 2.95 bits per heavy atom. The van der Waals surface area contributed by atoms with Gasteiger partial charge in [-0.25, -0.2) is 4.79 Å². The van der Waals surface area contributed by atoms with Gasteiger partial charge in [0.1, 0.15) is 4.88 Å². The Balaban J connectivity index is 2.44. The lowest BCUT2D eigenvalue weighted by atomic mass is 10.2. The number of hydrogen-bond donors (Lipinski definition) is 2. The summed E-state index contributed by atoms with van der Waals surface area (Å²) >= 11 is 2.68. The molecule has 1 aromatic rings. The zero-order valence-corrected chi connectivity index (χ0v) is 12.5. The summed E-state index contributed by atoms with van der Waals surface area (Å²) in [6.07, 6.45) is 0. The largest absolute Gasteiger partial charge is 0.465 e. The number of amides is 1. The van der Waals surface area contributed by atoms with Gasteiger partial charge in [0, 0.05) is 6.61 Å². The molecule has 1 rings (SSSR count). The number of aliphatic hydroxyl groups excluding tert-OH is 1. The Hall–Kier alpha value is -1.05. The van der Waals surface area contributed by atoms with Gasteiger partial charge in [-0.15, -0.1) is 11.3 Å². The fraction of sp³-hybridized carbons (Fsp3) is 0.500. The molecule has 1 unspecified atom stereocenters. The molecular weight excluding hydrogens is 286 g/mol. The van der Waals surface area contributed by atoms with Crippen molar-refractivity contribution in [3.05, 3.63) is 16.3 Å². The first-order chi connectivity index (χ1) is 9.08. The second kappa shape index (κ2) is 8.19. The van der Waals surface area contributed by atoms with Crippen LogP contribution in [-0.2, 0) is 9.53 Å². The van der Waals surface area contributed by atoms with Gasteiger partial charge in [0.05, 0.1) is 18.6 Å². The molecule has 19 heavy (non-hydrogen) atoms. The molecule has 7 heteroatoms. The Kier molecular flexibility index (Phi) is 6.90. The van der Waals surface area contributed by atoms with Crippen molar-refractivity contribution in [2.75, 3.05) is 30.5 Å². The number of thiophene rings is 1. The Morgan fingerprint density at radius 2 is 2.32 bits per heavy atom. The molecule has 1 amide bonds. The van der Waals surface area contributed by atoms with E-state index in [1.165, 1.54) is 30.2 Å². The summed E-state index contributed by atoms with van der Waals surface area (Å²) in [5.74, 6) is 0.563. The standard InChI is InChI=1S/C12H17NO4S2/c1-8(5-14)6-18-7-10(15)13-9-3-4-19-11(9)12(16)17-2/h3-4,8,14H,5-7H2,1-2H3,(H,13,15). The van der Waals surface area contributed by atoms with Crippen molar-refractivity contribution < 1.29 is 19.4 Å². The Bertz CT molecular complexity index is 433. The third-order valence-electron chi connectivity index (χ3n) is 2.26. The van der Waals surface area contributed by atoms with Crippen molar-refractivity contribution in [1.82, 2.24) is 0 Å². The van der Waals surface area contributed by atoms with Crippen LogP contribution in [0, 0.1) is 5.92 Å². The van der Waals surface area contributed by atoms with E-state index in [0.717, 1.165) is 5.75 Å². The average Bonchev–Trinajstić information content (AvgIpc) is 2.85. The maximum Gasteiger partial charge on any atom is 0.350 e. The molecule has 1 atom stereocenters.